The Morgan fingerprint density at radius 3 is 2.38 bits per heavy atom. The fraction of sp³-hybridized carbons (Fsp3) is 0.263. The van der Waals surface area contributed by atoms with Gasteiger partial charge in [-0.3, -0.25) is 9.79 Å². The first-order valence-electron chi connectivity index (χ1n) is 8.09. The van der Waals surface area contributed by atoms with E-state index in [0.717, 1.165) is 29.4 Å². The van der Waals surface area contributed by atoms with Crippen molar-refractivity contribution < 1.29 is 14.5 Å². The molecular formula is C19H22N3O2+. The summed E-state index contributed by atoms with van der Waals surface area (Å²) in [7, 11) is 1.64. The summed E-state index contributed by atoms with van der Waals surface area (Å²) in [5.74, 6) is 1.58. The van der Waals surface area contributed by atoms with Crippen molar-refractivity contribution in [1.82, 2.24) is 4.90 Å². The number of rotatable bonds is 5. The Kier molecular flexibility index (Phi) is 4.79. The summed E-state index contributed by atoms with van der Waals surface area (Å²) in [5.41, 5.74) is 3.30. The maximum atomic E-state index is 12.2. The number of aryl methyl sites for hydroxylation is 1. The molecule has 5 heteroatoms. The van der Waals surface area contributed by atoms with Gasteiger partial charge in [-0.25, -0.2) is 5.32 Å². The van der Waals surface area contributed by atoms with Gasteiger partial charge < -0.3 is 4.74 Å². The van der Waals surface area contributed by atoms with Crippen LogP contribution in [0.2, 0.25) is 0 Å². The molecule has 2 aromatic rings. The lowest BCUT2D eigenvalue weighted by Gasteiger charge is -2.13. The lowest BCUT2D eigenvalue weighted by Crippen LogP contribution is -2.72. The molecule has 24 heavy (non-hydrogen) atoms. The maximum Gasteiger partial charge on any atom is 0.358 e. The van der Waals surface area contributed by atoms with Crippen molar-refractivity contribution in [3.63, 3.8) is 0 Å². The van der Waals surface area contributed by atoms with Gasteiger partial charge >= 0.3 is 11.9 Å². The Morgan fingerprint density at radius 2 is 1.75 bits per heavy atom. The van der Waals surface area contributed by atoms with Gasteiger partial charge in [-0.1, -0.05) is 31.2 Å². The summed E-state index contributed by atoms with van der Waals surface area (Å²) in [6.45, 7) is 2.96. The molecule has 124 valence electrons. The molecule has 5 nitrogen and oxygen atoms in total. The average molecular weight is 324 g/mol. The van der Waals surface area contributed by atoms with Crippen molar-refractivity contribution >= 4 is 17.6 Å². The molecule has 0 atom stereocenters. The van der Waals surface area contributed by atoms with Crippen molar-refractivity contribution in [1.29, 1.82) is 0 Å². The highest BCUT2D eigenvalue weighted by Gasteiger charge is 2.32. The van der Waals surface area contributed by atoms with E-state index in [9.17, 15) is 4.79 Å². The third kappa shape index (κ3) is 3.56. The van der Waals surface area contributed by atoms with Crippen LogP contribution in [0.5, 0.6) is 5.75 Å². The molecule has 0 unspecified atom stereocenters. The van der Waals surface area contributed by atoms with E-state index in [4.69, 9.17) is 4.74 Å². The fourth-order valence-corrected chi connectivity index (χ4v) is 2.63. The van der Waals surface area contributed by atoms with Gasteiger partial charge in [0.25, 0.3) is 0 Å². The lowest BCUT2D eigenvalue weighted by molar-refractivity contribution is -0.438. The highest BCUT2D eigenvalue weighted by Crippen LogP contribution is 2.15. The zero-order chi connectivity index (χ0) is 16.9. The number of benzene rings is 2. The number of guanidine groups is 1. The van der Waals surface area contributed by atoms with Crippen LogP contribution in [-0.4, -0.2) is 30.4 Å². The number of carbonyl (C=O) groups excluding carboxylic acids is 1. The van der Waals surface area contributed by atoms with E-state index in [1.807, 2.05) is 36.4 Å². The molecule has 1 aliphatic rings. The van der Waals surface area contributed by atoms with Crippen molar-refractivity contribution in [2.45, 2.75) is 19.9 Å². The molecule has 0 radical (unpaired) electrons. The SMILES string of the molecule is CCc1ccc(NC2=[NH+]CC(=O)N2Cc2ccc(OC)cc2)cc1. The van der Waals surface area contributed by atoms with Gasteiger partial charge in [0.2, 0.25) is 0 Å². The maximum absolute atomic E-state index is 12.2. The molecule has 2 aromatic carbocycles. The molecule has 1 aliphatic heterocycles. The lowest BCUT2D eigenvalue weighted by atomic mass is 10.1. The third-order valence-electron chi connectivity index (χ3n) is 4.10. The second-order valence-electron chi connectivity index (χ2n) is 5.71. The summed E-state index contributed by atoms with van der Waals surface area (Å²) >= 11 is 0. The standard InChI is InChI=1S/C19H21N3O2/c1-3-14-4-8-16(9-5-14)21-19-20-12-18(23)22(19)13-15-6-10-17(24-2)11-7-15/h4-11H,3,12-13H2,1-2H3,(H,20,21)/p+1. The number of hydrogen-bond acceptors (Lipinski definition) is 3. The summed E-state index contributed by atoms with van der Waals surface area (Å²) in [6.07, 6.45) is 1.01. The second-order valence-corrected chi connectivity index (χ2v) is 5.71. The Hall–Kier alpha value is -2.82. The van der Waals surface area contributed by atoms with Crippen LogP contribution in [0.4, 0.5) is 5.69 Å². The Balaban J connectivity index is 1.70. The van der Waals surface area contributed by atoms with Gasteiger partial charge in [-0.05, 0) is 41.8 Å². The smallest absolute Gasteiger partial charge is 0.358 e. The third-order valence-corrected chi connectivity index (χ3v) is 4.10. The van der Waals surface area contributed by atoms with E-state index in [2.05, 4.69) is 29.4 Å². The summed E-state index contributed by atoms with van der Waals surface area (Å²) in [6, 6.07) is 16.0. The van der Waals surface area contributed by atoms with Crippen LogP contribution in [-0.2, 0) is 17.8 Å². The molecule has 3 rings (SSSR count). The van der Waals surface area contributed by atoms with E-state index in [1.165, 1.54) is 5.56 Å². The van der Waals surface area contributed by atoms with Crippen LogP contribution in [0.15, 0.2) is 48.5 Å². The van der Waals surface area contributed by atoms with Crippen LogP contribution in [0, 0.1) is 0 Å². The number of ether oxygens (including phenoxy) is 1. The monoisotopic (exact) mass is 324 g/mol. The molecule has 0 spiro atoms. The minimum absolute atomic E-state index is 0.0542. The molecule has 0 aliphatic carbocycles. The zero-order valence-corrected chi connectivity index (χ0v) is 14.0. The first-order chi connectivity index (χ1) is 11.7. The highest BCUT2D eigenvalue weighted by molar-refractivity contribution is 6.04. The van der Waals surface area contributed by atoms with Gasteiger partial charge in [0.05, 0.1) is 12.8 Å². The topological polar surface area (TPSA) is 55.5 Å². The zero-order valence-electron chi connectivity index (χ0n) is 14.0. The number of nitrogens with one attached hydrogen (secondary N) is 2. The fourth-order valence-electron chi connectivity index (χ4n) is 2.63. The van der Waals surface area contributed by atoms with E-state index < -0.39 is 0 Å². The van der Waals surface area contributed by atoms with Gasteiger partial charge in [-0.15, -0.1) is 0 Å². The van der Waals surface area contributed by atoms with Crippen molar-refractivity contribution in [2.75, 3.05) is 19.0 Å². The molecule has 0 fully saturated rings. The molecule has 0 saturated carbocycles. The van der Waals surface area contributed by atoms with Crippen molar-refractivity contribution in [3.05, 3.63) is 59.7 Å². The molecule has 0 saturated heterocycles. The van der Waals surface area contributed by atoms with Gasteiger partial charge in [0, 0.05) is 0 Å². The predicted octanol–water partition coefficient (Wildman–Crippen LogP) is 1.15. The van der Waals surface area contributed by atoms with Crippen LogP contribution < -0.4 is 15.0 Å². The van der Waals surface area contributed by atoms with E-state index in [1.54, 1.807) is 12.0 Å². The normalized spacial score (nSPS) is 13.8. The number of methoxy groups -OCH3 is 1. The van der Waals surface area contributed by atoms with Crippen LogP contribution in [0.3, 0.4) is 0 Å². The molecule has 0 aromatic heterocycles. The molecule has 1 heterocycles. The average Bonchev–Trinajstić information content (AvgIpc) is 2.96. The molecule has 1 amide bonds. The Bertz CT molecular complexity index is 736. The number of carbonyl (C=O) groups is 1. The molecule has 0 bridgehead atoms. The Labute approximate surface area is 142 Å². The van der Waals surface area contributed by atoms with Crippen molar-refractivity contribution in [2.24, 2.45) is 0 Å². The number of hydrogen-bond donors (Lipinski definition) is 2. The number of anilines is 1. The largest absolute Gasteiger partial charge is 0.497 e. The first-order valence-corrected chi connectivity index (χ1v) is 8.09. The van der Waals surface area contributed by atoms with Gasteiger partial charge in [0.1, 0.15) is 12.3 Å². The van der Waals surface area contributed by atoms with E-state index in [-0.39, 0.29) is 5.91 Å². The first kappa shape index (κ1) is 16.1. The molecular weight excluding hydrogens is 302 g/mol. The molecule has 2 N–H and O–H groups in total. The van der Waals surface area contributed by atoms with E-state index in [0.29, 0.717) is 13.1 Å². The minimum Gasteiger partial charge on any atom is -0.497 e. The van der Waals surface area contributed by atoms with Crippen LogP contribution in [0.1, 0.15) is 18.1 Å². The summed E-state index contributed by atoms with van der Waals surface area (Å²) < 4.78 is 5.17. The van der Waals surface area contributed by atoms with Gasteiger partial charge in [0.15, 0.2) is 6.54 Å². The van der Waals surface area contributed by atoms with Gasteiger partial charge in [-0.2, -0.15) is 4.90 Å². The van der Waals surface area contributed by atoms with E-state index >= 15 is 0 Å². The summed E-state index contributed by atoms with van der Waals surface area (Å²) in [5, 5.41) is 3.30. The Morgan fingerprint density at radius 1 is 1.08 bits per heavy atom. The minimum atomic E-state index is 0.0542. The predicted molar refractivity (Wildman–Crippen MR) is 93.8 cm³/mol. The van der Waals surface area contributed by atoms with Crippen molar-refractivity contribution in [3.8, 4) is 5.75 Å². The highest BCUT2D eigenvalue weighted by atomic mass is 16.5. The van der Waals surface area contributed by atoms with Crippen LogP contribution in [0.25, 0.3) is 0 Å². The van der Waals surface area contributed by atoms with Crippen LogP contribution >= 0.6 is 0 Å². The number of nitrogens with zero attached hydrogens (tertiary/aromatic N) is 1. The second kappa shape index (κ2) is 7.17. The summed E-state index contributed by atoms with van der Waals surface area (Å²) in [4.78, 5) is 17.0. The quantitative estimate of drug-likeness (QED) is 0.867. The number of amides is 1.